The molecule has 2 nitrogen and oxygen atoms in total. The summed E-state index contributed by atoms with van der Waals surface area (Å²) < 4.78 is 31.3. The Morgan fingerprint density at radius 1 is 1.29 bits per heavy atom. The van der Waals surface area contributed by atoms with Gasteiger partial charge in [0.25, 0.3) is 0 Å². The van der Waals surface area contributed by atoms with E-state index in [2.05, 4.69) is 5.32 Å². The van der Waals surface area contributed by atoms with E-state index in [1.54, 1.807) is 12.3 Å². The van der Waals surface area contributed by atoms with E-state index in [-0.39, 0.29) is 6.04 Å². The van der Waals surface area contributed by atoms with E-state index in [9.17, 15) is 8.78 Å². The first kappa shape index (κ1) is 11.8. The number of halogens is 2. The second-order valence-electron chi connectivity index (χ2n) is 3.85. The fourth-order valence-electron chi connectivity index (χ4n) is 1.57. The van der Waals surface area contributed by atoms with Gasteiger partial charge in [-0.05, 0) is 25.1 Å². The molecule has 0 radical (unpaired) electrons. The summed E-state index contributed by atoms with van der Waals surface area (Å²) in [4.78, 5) is 0. The molecule has 2 aromatic rings. The minimum atomic E-state index is -0.565. The Hall–Kier alpha value is -1.68. The van der Waals surface area contributed by atoms with Crippen molar-refractivity contribution >= 4 is 0 Å². The molecule has 4 heteroatoms. The zero-order valence-electron chi connectivity index (χ0n) is 9.41. The highest BCUT2D eigenvalue weighted by atomic mass is 19.1. The molecule has 0 spiro atoms. The summed E-state index contributed by atoms with van der Waals surface area (Å²) in [6.45, 7) is 2.24. The average molecular weight is 237 g/mol. The zero-order valence-corrected chi connectivity index (χ0v) is 9.41. The molecule has 1 unspecified atom stereocenters. The Balaban J connectivity index is 1.98. The molecule has 0 fully saturated rings. The molecule has 1 atom stereocenters. The summed E-state index contributed by atoms with van der Waals surface area (Å²) in [6, 6.07) is 7.19. The zero-order chi connectivity index (χ0) is 12.3. The van der Waals surface area contributed by atoms with E-state index >= 15 is 0 Å². The molecule has 0 saturated carbocycles. The van der Waals surface area contributed by atoms with Crippen molar-refractivity contribution in [1.29, 1.82) is 0 Å². The van der Waals surface area contributed by atoms with Gasteiger partial charge in [-0.15, -0.1) is 0 Å². The van der Waals surface area contributed by atoms with Crippen molar-refractivity contribution in [3.8, 4) is 0 Å². The number of furan rings is 1. The fourth-order valence-corrected chi connectivity index (χ4v) is 1.57. The smallest absolute Gasteiger partial charge is 0.130 e. The molecule has 0 aliphatic rings. The number of nitrogens with one attached hydrogen (secondary N) is 1. The SMILES string of the molecule is CC(NCc1ccc(F)cc1F)c1ccco1. The summed E-state index contributed by atoms with van der Waals surface area (Å²) in [7, 11) is 0. The van der Waals surface area contributed by atoms with Crippen molar-refractivity contribution in [2.45, 2.75) is 19.5 Å². The maximum Gasteiger partial charge on any atom is 0.130 e. The fraction of sp³-hybridized carbons (Fsp3) is 0.231. The van der Waals surface area contributed by atoms with Gasteiger partial charge in [0.15, 0.2) is 0 Å². The molecule has 0 saturated heterocycles. The number of benzene rings is 1. The first-order chi connectivity index (χ1) is 8.16. The van der Waals surface area contributed by atoms with E-state index in [0.29, 0.717) is 12.1 Å². The monoisotopic (exact) mass is 237 g/mol. The van der Waals surface area contributed by atoms with Crippen molar-refractivity contribution in [3.63, 3.8) is 0 Å². The van der Waals surface area contributed by atoms with Crippen molar-refractivity contribution in [2.24, 2.45) is 0 Å². The van der Waals surface area contributed by atoms with Gasteiger partial charge in [-0.1, -0.05) is 6.07 Å². The Morgan fingerprint density at radius 2 is 2.12 bits per heavy atom. The minimum absolute atomic E-state index is 0.0190. The quantitative estimate of drug-likeness (QED) is 0.881. The molecule has 0 aliphatic carbocycles. The second-order valence-corrected chi connectivity index (χ2v) is 3.85. The van der Waals surface area contributed by atoms with Gasteiger partial charge in [0.2, 0.25) is 0 Å². The molecule has 1 aromatic carbocycles. The summed E-state index contributed by atoms with van der Waals surface area (Å²) in [5.74, 6) is -0.318. The van der Waals surface area contributed by atoms with Crippen molar-refractivity contribution < 1.29 is 13.2 Å². The normalized spacial score (nSPS) is 12.6. The molecular formula is C13H13F2NO. The third-order valence-electron chi connectivity index (χ3n) is 2.58. The summed E-state index contributed by atoms with van der Waals surface area (Å²) in [5.41, 5.74) is 0.435. The van der Waals surface area contributed by atoms with Crippen LogP contribution in [0.3, 0.4) is 0 Å². The molecule has 2 rings (SSSR count). The van der Waals surface area contributed by atoms with Crippen LogP contribution in [0.1, 0.15) is 24.3 Å². The van der Waals surface area contributed by atoms with Crippen LogP contribution >= 0.6 is 0 Å². The summed E-state index contributed by atoms with van der Waals surface area (Å²) in [6.07, 6.45) is 1.59. The first-order valence-corrected chi connectivity index (χ1v) is 5.37. The highest BCUT2D eigenvalue weighted by Crippen LogP contribution is 2.14. The molecule has 0 aliphatic heterocycles. The Bertz CT molecular complexity index is 482. The maximum atomic E-state index is 13.3. The van der Waals surface area contributed by atoms with Crippen LogP contribution < -0.4 is 5.32 Å². The van der Waals surface area contributed by atoms with Crippen LogP contribution in [0.25, 0.3) is 0 Å². The third-order valence-corrected chi connectivity index (χ3v) is 2.58. The number of rotatable bonds is 4. The van der Waals surface area contributed by atoms with E-state index in [4.69, 9.17) is 4.42 Å². The van der Waals surface area contributed by atoms with Gasteiger partial charge in [-0.25, -0.2) is 8.78 Å². The largest absolute Gasteiger partial charge is 0.468 e. The third kappa shape index (κ3) is 2.91. The molecule has 1 aromatic heterocycles. The van der Waals surface area contributed by atoms with E-state index in [1.807, 2.05) is 13.0 Å². The van der Waals surface area contributed by atoms with E-state index < -0.39 is 11.6 Å². The minimum Gasteiger partial charge on any atom is -0.468 e. The number of hydrogen-bond acceptors (Lipinski definition) is 2. The average Bonchev–Trinajstić information content (AvgIpc) is 2.81. The molecule has 1 heterocycles. The Labute approximate surface area is 98.3 Å². The maximum absolute atomic E-state index is 13.3. The molecule has 17 heavy (non-hydrogen) atoms. The van der Waals surface area contributed by atoms with Crippen molar-refractivity contribution in [1.82, 2.24) is 5.32 Å². The molecule has 0 amide bonds. The van der Waals surface area contributed by atoms with Gasteiger partial charge >= 0.3 is 0 Å². The van der Waals surface area contributed by atoms with Crippen LogP contribution in [-0.4, -0.2) is 0 Å². The Morgan fingerprint density at radius 3 is 2.76 bits per heavy atom. The predicted molar refractivity (Wildman–Crippen MR) is 60.3 cm³/mol. The van der Waals surface area contributed by atoms with Crippen molar-refractivity contribution in [3.05, 3.63) is 59.6 Å². The lowest BCUT2D eigenvalue weighted by atomic mass is 10.2. The van der Waals surface area contributed by atoms with Gasteiger partial charge < -0.3 is 9.73 Å². The van der Waals surface area contributed by atoms with Crippen LogP contribution in [0.2, 0.25) is 0 Å². The predicted octanol–water partition coefficient (Wildman–Crippen LogP) is 3.41. The van der Waals surface area contributed by atoms with Gasteiger partial charge in [-0.3, -0.25) is 0 Å². The molecule has 90 valence electrons. The van der Waals surface area contributed by atoms with Crippen molar-refractivity contribution in [2.75, 3.05) is 0 Å². The highest BCUT2D eigenvalue weighted by molar-refractivity contribution is 5.18. The van der Waals surface area contributed by atoms with Crippen LogP contribution in [0.15, 0.2) is 41.0 Å². The standard InChI is InChI=1S/C13H13F2NO/c1-9(13-3-2-6-17-13)16-8-10-4-5-11(14)7-12(10)15/h2-7,9,16H,8H2,1H3. The van der Waals surface area contributed by atoms with Gasteiger partial charge in [0.05, 0.1) is 12.3 Å². The first-order valence-electron chi connectivity index (χ1n) is 5.37. The van der Waals surface area contributed by atoms with Crippen LogP contribution in [0.5, 0.6) is 0 Å². The van der Waals surface area contributed by atoms with Gasteiger partial charge in [0, 0.05) is 18.2 Å². The Kier molecular flexibility index (Phi) is 3.54. The van der Waals surface area contributed by atoms with Gasteiger partial charge in [-0.2, -0.15) is 0 Å². The lowest BCUT2D eigenvalue weighted by Crippen LogP contribution is -2.18. The second kappa shape index (κ2) is 5.10. The number of hydrogen-bond donors (Lipinski definition) is 1. The highest BCUT2D eigenvalue weighted by Gasteiger charge is 2.09. The summed E-state index contributed by atoms with van der Waals surface area (Å²) in [5, 5.41) is 3.11. The topological polar surface area (TPSA) is 25.2 Å². The van der Waals surface area contributed by atoms with E-state index in [0.717, 1.165) is 11.8 Å². The lowest BCUT2D eigenvalue weighted by molar-refractivity contribution is 0.426. The van der Waals surface area contributed by atoms with Crippen LogP contribution in [0.4, 0.5) is 8.78 Å². The molecule has 1 N–H and O–H groups in total. The van der Waals surface area contributed by atoms with Crippen LogP contribution in [0, 0.1) is 11.6 Å². The summed E-state index contributed by atoms with van der Waals surface area (Å²) >= 11 is 0. The van der Waals surface area contributed by atoms with E-state index in [1.165, 1.54) is 12.1 Å². The van der Waals surface area contributed by atoms with Gasteiger partial charge in [0.1, 0.15) is 17.4 Å². The lowest BCUT2D eigenvalue weighted by Gasteiger charge is -2.11. The molecular weight excluding hydrogens is 224 g/mol. The van der Waals surface area contributed by atoms with Crippen LogP contribution in [-0.2, 0) is 6.54 Å². The molecule has 0 bridgehead atoms.